The SMILES string of the molecule is CC(C)(C)c1ccc2ncc(F)cc2n1. The Bertz CT molecular complexity index is 500. The molecule has 0 bridgehead atoms. The summed E-state index contributed by atoms with van der Waals surface area (Å²) in [6, 6.07) is 5.23. The van der Waals surface area contributed by atoms with Gasteiger partial charge in [-0.1, -0.05) is 20.8 Å². The topological polar surface area (TPSA) is 25.8 Å². The standard InChI is InChI=1S/C12H13FN2/c1-12(2,3)11-5-4-9-10(15-11)6-8(13)7-14-9/h4-7H,1-3H3. The molecule has 0 aliphatic carbocycles. The van der Waals surface area contributed by atoms with Crippen molar-refractivity contribution in [2.45, 2.75) is 26.2 Å². The predicted octanol–water partition coefficient (Wildman–Crippen LogP) is 3.07. The molecule has 0 saturated heterocycles. The minimum Gasteiger partial charge on any atom is -0.252 e. The van der Waals surface area contributed by atoms with E-state index in [1.165, 1.54) is 12.3 Å². The van der Waals surface area contributed by atoms with Crippen LogP contribution in [0.4, 0.5) is 4.39 Å². The van der Waals surface area contributed by atoms with E-state index in [4.69, 9.17) is 0 Å². The number of rotatable bonds is 0. The van der Waals surface area contributed by atoms with Crippen molar-refractivity contribution < 1.29 is 4.39 Å². The number of halogens is 1. The normalized spacial score (nSPS) is 12.0. The van der Waals surface area contributed by atoms with Crippen molar-refractivity contribution in [3.63, 3.8) is 0 Å². The van der Waals surface area contributed by atoms with E-state index in [0.717, 1.165) is 11.2 Å². The highest BCUT2D eigenvalue weighted by Crippen LogP contribution is 2.22. The molecule has 0 aromatic carbocycles. The monoisotopic (exact) mass is 204 g/mol. The summed E-state index contributed by atoms with van der Waals surface area (Å²) in [5.41, 5.74) is 2.26. The average Bonchev–Trinajstić information content (AvgIpc) is 2.15. The molecule has 3 heteroatoms. The van der Waals surface area contributed by atoms with Crippen LogP contribution in [-0.2, 0) is 5.41 Å². The van der Waals surface area contributed by atoms with Gasteiger partial charge in [-0.05, 0) is 12.1 Å². The first-order valence-corrected chi connectivity index (χ1v) is 4.89. The first-order valence-electron chi connectivity index (χ1n) is 4.89. The Morgan fingerprint density at radius 1 is 1.13 bits per heavy atom. The summed E-state index contributed by atoms with van der Waals surface area (Å²) in [5.74, 6) is -0.346. The van der Waals surface area contributed by atoms with Crippen molar-refractivity contribution in [3.05, 3.63) is 35.9 Å². The molecule has 0 unspecified atom stereocenters. The van der Waals surface area contributed by atoms with Crippen molar-refractivity contribution in [3.8, 4) is 0 Å². The molecule has 0 spiro atoms. The Hall–Kier alpha value is -1.51. The highest BCUT2D eigenvalue weighted by molar-refractivity contribution is 5.73. The van der Waals surface area contributed by atoms with Crippen LogP contribution in [0.5, 0.6) is 0 Å². The first-order chi connectivity index (χ1) is 6.97. The molecule has 0 aliphatic heterocycles. The number of hydrogen-bond donors (Lipinski definition) is 0. The smallest absolute Gasteiger partial charge is 0.143 e. The molecule has 0 atom stereocenters. The van der Waals surface area contributed by atoms with E-state index in [0.29, 0.717) is 5.52 Å². The lowest BCUT2D eigenvalue weighted by Crippen LogP contribution is -2.13. The number of fused-ring (bicyclic) bond motifs is 1. The molecule has 0 radical (unpaired) electrons. The van der Waals surface area contributed by atoms with Crippen molar-refractivity contribution in [2.75, 3.05) is 0 Å². The van der Waals surface area contributed by atoms with E-state index >= 15 is 0 Å². The third-order valence-electron chi connectivity index (χ3n) is 2.27. The third kappa shape index (κ3) is 1.96. The first kappa shape index (κ1) is 10.0. The fourth-order valence-corrected chi connectivity index (χ4v) is 1.40. The van der Waals surface area contributed by atoms with Gasteiger partial charge in [0.15, 0.2) is 0 Å². The van der Waals surface area contributed by atoms with Crippen LogP contribution >= 0.6 is 0 Å². The van der Waals surface area contributed by atoms with Gasteiger partial charge in [0.05, 0.1) is 17.2 Å². The van der Waals surface area contributed by atoms with Gasteiger partial charge in [0, 0.05) is 17.2 Å². The molecule has 15 heavy (non-hydrogen) atoms. The molecule has 0 amide bonds. The summed E-state index contributed by atoms with van der Waals surface area (Å²) in [5, 5.41) is 0. The maximum Gasteiger partial charge on any atom is 0.143 e. The number of pyridine rings is 2. The van der Waals surface area contributed by atoms with Crippen LogP contribution in [0.1, 0.15) is 26.5 Å². The maximum absolute atomic E-state index is 13.0. The molecule has 2 aromatic rings. The van der Waals surface area contributed by atoms with E-state index in [1.54, 1.807) is 0 Å². The summed E-state index contributed by atoms with van der Waals surface area (Å²) >= 11 is 0. The van der Waals surface area contributed by atoms with Gasteiger partial charge in [-0.25, -0.2) is 4.39 Å². The Balaban J connectivity index is 2.64. The second-order valence-corrected chi connectivity index (χ2v) is 4.64. The third-order valence-corrected chi connectivity index (χ3v) is 2.27. The van der Waals surface area contributed by atoms with Gasteiger partial charge in [-0.15, -0.1) is 0 Å². The van der Waals surface area contributed by atoms with Crippen LogP contribution in [0.15, 0.2) is 24.4 Å². The summed E-state index contributed by atoms with van der Waals surface area (Å²) in [6.07, 6.45) is 1.21. The highest BCUT2D eigenvalue weighted by Gasteiger charge is 2.15. The van der Waals surface area contributed by atoms with Gasteiger partial charge in [0.25, 0.3) is 0 Å². The van der Waals surface area contributed by atoms with Gasteiger partial charge in [0.1, 0.15) is 5.82 Å². The van der Waals surface area contributed by atoms with Gasteiger partial charge >= 0.3 is 0 Å². The van der Waals surface area contributed by atoms with Crippen molar-refractivity contribution >= 4 is 11.0 Å². The molecule has 2 heterocycles. The number of aromatic nitrogens is 2. The van der Waals surface area contributed by atoms with Crippen molar-refractivity contribution in [1.82, 2.24) is 9.97 Å². The molecule has 2 aromatic heterocycles. The molecule has 0 fully saturated rings. The summed E-state index contributed by atoms with van der Waals surface area (Å²) in [7, 11) is 0. The molecule has 78 valence electrons. The van der Waals surface area contributed by atoms with Gasteiger partial charge < -0.3 is 0 Å². The van der Waals surface area contributed by atoms with Crippen molar-refractivity contribution in [1.29, 1.82) is 0 Å². The van der Waals surface area contributed by atoms with Crippen molar-refractivity contribution in [2.24, 2.45) is 0 Å². The zero-order valence-electron chi connectivity index (χ0n) is 9.08. The van der Waals surface area contributed by atoms with Gasteiger partial charge in [0.2, 0.25) is 0 Å². The molecule has 2 nitrogen and oxygen atoms in total. The minimum atomic E-state index is -0.346. The summed E-state index contributed by atoms with van der Waals surface area (Å²) in [6.45, 7) is 6.23. The summed E-state index contributed by atoms with van der Waals surface area (Å²) < 4.78 is 13.0. The molecule has 2 rings (SSSR count). The minimum absolute atomic E-state index is 0.0273. The Morgan fingerprint density at radius 2 is 1.87 bits per heavy atom. The fourth-order valence-electron chi connectivity index (χ4n) is 1.40. The Labute approximate surface area is 88.2 Å². The second kappa shape index (κ2) is 3.26. The molecule has 0 aliphatic rings. The zero-order chi connectivity index (χ0) is 11.1. The Morgan fingerprint density at radius 3 is 2.53 bits per heavy atom. The molecule has 0 saturated carbocycles. The predicted molar refractivity (Wildman–Crippen MR) is 58.2 cm³/mol. The van der Waals surface area contributed by atoms with Crippen LogP contribution in [0.25, 0.3) is 11.0 Å². The van der Waals surface area contributed by atoms with Crippen LogP contribution in [-0.4, -0.2) is 9.97 Å². The lowest BCUT2D eigenvalue weighted by Gasteiger charge is -2.17. The van der Waals surface area contributed by atoms with E-state index < -0.39 is 0 Å². The largest absolute Gasteiger partial charge is 0.252 e. The van der Waals surface area contributed by atoms with Crippen LogP contribution in [0, 0.1) is 5.82 Å². The van der Waals surface area contributed by atoms with Crippen LogP contribution < -0.4 is 0 Å². The molecule has 0 N–H and O–H groups in total. The van der Waals surface area contributed by atoms with E-state index in [2.05, 4.69) is 30.7 Å². The van der Waals surface area contributed by atoms with Crippen LogP contribution in [0.2, 0.25) is 0 Å². The van der Waals surface area contributed by atoms with Crippen LogP contribution in [0.3, 0.4) is 0 Å². The quantitative estimate of drug-likeness (QED) is 0.659. The van der Waals surface area contributed by atoms with E-state index in [-0.39, 0.29) is 11.2 Å². The second-order valence-electron chi connectivity index (χ2n) is 4.64. The van der Waals surface area contributed by atoms with Gasteiger partial charge in [-0.3, -0.25) is 9.97 Å². The van der Waals surface area contributed by atoms with E-state index in [9.17, 15) is 4.39 Å². The average molecular weight is 204 g/mol. The summed E-state index contributed by atoms with van der Waals surface area (Å²) in [4.78, 5) is 8.37. The maximum atomic E-state index is 13.0. The lowest BCUT2D eigenvalue weighted by atomic mass is 9.91. The highest BCUT2D eigenvalue weighted by atomic mass is 19.1. The van der Waals surface area contributed by atoms with E-state index in [1.807, 2.05) is 12.1 Å². The fraction of sp³-hybridized carbons (Fsp3) is 0.333. The van der Waals surface area contributed by atoms with Gasteiger partial charge in [-0.2, -0.15) is 0 Å². The number of nitrogens with zero attached hydrogens (tertiary/aromatic N) is 2. The molecular formula is C12H13FN2. The Kier molecular flexibility index (Phi) is 2.18. The molecular weight excluding hydrogens is 191 g/mol. The lowest BCUT2D eigenvalue weighted by molar-refractivity contribution is 0.571. The zero-order valence-corrected chi connectivity index (χ0v) is 9.08. The number of hydrogen-bond acceptors (Lipinski definition) is 2.